The van der Waals surface area contributed by atoms with Crippen molar-refractivity contribution < 1.29 is 27.8 Å². The molecule has 0 bridgehead atoms. The summed E-state index contributed by atoms with van der Waals surface area (Å²) in [7, 11) is -4.35. The van der Waals surface area contributed by atoms with Gasteiger partial charge in [-0.2, -0.15) is 4.57 Å². The van der Waals surface area contributed by atoms with Crippen molar-refractivity contribution >= 4 is 19.2 Å². The summed E-state index contributed by atoms with van der Waals surface area (Å²) in [6.07, 6.45) is 20.7. The number of benzene rings is 2. The summed E-state index contributed by atoms with van der Waals surface area (Å²) in [5.41, 5.74) is 3.00. The molecule has 0 amide bonds. The Bertz CT molecular complexity index is 1170. The highest BCUT2D eigenvalue weighted by Crippen LogP contribution is 2.44. The first kappa shape index (κ1) is 33.2. The lowest BCUT2D eigenvalue weighted by Crippen LogP contribution is -2.30. The third kappa shape index (κ3) is 14.4. The quantitative estimate of drug-likeness (QED) is 0.0704. The number of phosphoric acid groups is 1. The number of aromatic nitrogens is 1. The third-order valence-corrected chi connectivity index (χ3v) is 8.75. The Morgan fingerprint density at radius 2 is 1.32 bits per heavy atom. The van der Waals surface area contributed by atoms with Crippen LogP contribution >= 0.6 is 19.2 Å². The average Bonchev–Trinajstić information content (AvgIpc) is 3.35. The van der Waals surface area contributed by atoms with E-state index in [0.717, 1.165) is 17.7 Å². The summed E-state index contributed by atoms with van der Waals surface area (Å²) in [6, 6.07) is 13.9. The van der Waals surface area contributed by atoms with Crippen molar-refractivity contribution in [1.29, 1.82) is 0 Å². The van der Waals surface area contributed by atoms with Gasteiger partial charge in [0.15, 0.2) is 12.7 Å². The Morgan fingerprint density at radius 3 is 1.90 bits per heavy atom. The zero-order valence-electron chi connectivity index (χ0n) is 25.0. The summed E-state index contributed by atoms with van der Waals surface area (Å²) in [4.78, 5) is 11.5. The molecular weight excluding hydrogens is 553 g/mol. The maximum absolute atomic E-state index is 12.6. The SMILES string of the molecule is CCCCCCCCCCCCCCCCOc1ccc(OP(=O)(O)Oc2cccc(C[n+]3csc(C)c3)c2)cc1. The fourth-order valence-electron chi connectivity index (χ4n) is 4.81. The molecule has 226 valence electrons. The number of hydrogen-bond donors (Lipinski definition) is 1. The lowest BCUT2D eigenvalue weighted by molar-refractivity contribution is -0.683. The number of phosphoric ester groups is 1. The molecule has 0 radical (unpaired) electrons. The summed E-state index contributed by atoms with van der Waals surface area (Å²) in [5.74, 6) is 1.25. The minimum Gasteiger partial charge on any atom is -0.494 e. The van der Waals surface area contributed by atoms with Gasteiger partial charge in [0.05, 0.1) is 11.5 Å². The van der Waals surface area contributed by atoms with Crippen LogP contribution in [0.25, 0.3) is 0 Å². The fourth-order valence-corrected chi connectivity index (χ4v) is 6.25. The van der Waals surface area contributed by atoms with Crippen molar-refractivity contribution in [2.75, 3.05) is 6.61 Å². The maximum Gasteiger partial charge on any atom is 0.584 e. The number of unbranched alkanes of at least 4 members (excludes halogenated alkanes) is 13. The van der Waals surface area contributed by atoms with Gasteiger partial charge < -0.3 is 13.8 Å². The van der Waals surface area contributed by atoms with Crippen molar-refractivity contribution in [3.05, 3.63) is 70.7 Å². The minimum absolute atomic E-state index is 0.250. The van der Waals surface area contributed by atoms with E-state index >= 15 is 0 Å². The summed E-state index contributed by atoms with van der Waals surface area (Å²) in [6.45, 7) is 5.64. The molecule has 1 heterocycles. The van der Waals surface area contributed by atoms with Crippen LogP contribution in [0.15, 0.2) is 60.2 Å². The van der Waals surface area contributed by atoms with Gasteiger partial charge in [-0.1, -0.05) is 114 Å². The van der Waals surface area contributed by atoms with Crippen LogP contribution < -0.4 is 18.4 Å². The van der Waals surface area contributed by atoms with Crippen molar-refractivity contribution in [2.24, 2.45) is 0 Å². The lowest BCUT2D eigenvalue weighted by Gasteiger charge is -2.14. The van der Waals surface area contributed by atoms with Gasteiger partial charge in [0, 0.05) is 5.56 Å². The van der Waals surface area contributed by atoms with E-state index in [2.05, 4.69) is 24.6 Å². The molecule has 0 aliphatic rings. The van der Waals surface area contributed by atoms with Gasteiger partial charge in [0.25, 0.3) is 0 Å². The topological polar surface area (TPSA) is 68.9 Å². The molecule has 8 heteroatoms. The van der Waals surface area contributed by atoms with Crippen molar-refractivity contribution in [2.45, 2.75) is 110 Å². The molecule has 3 aromatic rings. The molecule has 1 unspecified atom stereocenters. The number of ether oxygens (including phenoxy) is 1. The van der Waals surface area contributed by atoms with Crippen molar-refractivity contribution in [3.8, 4) is 17.2 Å². The normalized spacial score (nSPS) is 12.7. The van der Waals surface area contributed by atoms with Crippen LogP contribution in [-0.4, -0.2) is 11.5 Å². The molecule has 0 saturated carbocycles. The van der Waals surface area contributed by atoms with Crippen LogP contribution in [0.5, 0.6) is 17.2 Å². The molecule has 1 aromatic heterocycles. The smallest absolute Gasteiger partial charge is 0.494 e. The molecule has 0 aliphatic heterocycles. The molecule has 0 spiro atoms. The van der Waals surface area contributed by atoms with Crippen LogP contribution in [0.1, 0.15) is 107 Å². The van der Waals surface area contributed by atoms with Gasteiger partial charge in [-0.3, -0.25) is 4.89 Å². The highest BCUT2D eigenvalue weighted by Gasteiger charge is 2.25. The Labute approximate surface area is 251 Å². The highest BCUT2D eigenvalue weighted by molar-refractivity contribution is 7.48. The van der Waals surface area contributed by atoms with Crippen molar-refractivity contribution in [3.63, 3.8) is 0 Å². The van der Waals surface area contributed by atoms with E-state index in [0.29, 0.717) is 13.2 Å². The summed E-state index contributed by atoms with van der Waals surface area (Å²) in [5, 5.41) is 0. The average molecular weight is 603 g/mol. The van der Waals surface area contributed by atoms with E-state index in [4.69, 9.17) is 13.8 Å². The van der Waals surface area contributed by atoms with E-state index in [-0.39, 0.29) is 11.5 Å². The lowest BCUT2D eigenvalue weighted by atomic mass is 10.0. The first-order valence-corrected chi connectivity index (χ1v) is 17.8. The van der Waals surface area contributed by atoms with Crippen LogP contribution in [0.2, 0.25) is 0 Å². The number of rotatable bonds is 22. The molecule has 3 rings (SSSR count). The molecule has 0 saturated heterocycles. The number of hydrogen-bond acceptors (Lipinski definition) is 5. The molecule has 41 heavy (non-hydrogen) atoms. The third-order valence-electron chi connectivity index (χ3n) is 7.02. The summed E-state index contributed by atoms with van der Waals surface area (Å²) < 4.78 is 31.1. The Kier molecular flexibility index (Phi) is 15.3. The molecule has 6 nitrogen and oxygen atoms in total. The maximum atomic E-state index is 12.6. The Morgan fingerprint density at radius 1 is 0.756 bits per heavy atom. The van der Waals surface area contributed by atoms with E-state index in [1.807, 2.05) is 11.6 Å². The molecule has 2 aromatic carbocycles. The van der Waals surface area contributed by atoms with E-state index < -0.39 is 7.82 Å². The standard InChI is InChI=1S/C33H48NO5PS/c1-3-4-5-6-7-8-9-10-11-12-13-14-15-16-24-37-31-20-22-32(23-21-31)38-40(35,36)39-33-19-17-18-30(25-33)27-34-26-29(2)41-28-34/h17-23,25-26,28H,3-16,24,27H2,1-2H3/p+1. The van der Waals surface area contributed by atoms with Gasteiger partial charge in [0.2, 0.25) is 5.51 Å². The molecule has 0 aliphatic carbocycles. The van der Waals surface area contributed by atoms with Gasteiger partial charge in [-0.25, -0.2) is 4.57 Å². The predicted molar refractivity (Wildman–Crippen MR) is 168 cm³/mol. The van der Waals surface area contributed by atoms with Gasteiger partial charge in [-0.05, 0) is 49.7 Å². The Balaban J connectivity index is 1.25. The van der Waals surface area contributed by atoms with Crippen molar-refractivity contribution in [1.82, 2.24) is 0 Å². The Hall–Kier alpha value is -2.34. The zero-order chi connectivity index (χ0) is 29.2. The van der Waals surface area contributed by atoms with Crippen LogP contribution in [-0.2, 0) is 11.1 Å². The molecular formula is C33H49NO5PS+. The second-order valence-electron chi connectivity index (χ2n) is 10.8. The van der Waals surface area contributed by atoms with E-state index in [9.17, 15) is 9.46 Å². The van der Waals surface area contributed by atoms with Crippen LogP contribution in [0.4, 0.5) is 0 Å². The van der Waals surface area contributed by atoms with Crippen LogP contribution in [0, 0.1) is 6.92 Å². The second-order valence-corrected chi connectivity index (χ2v) is 13.2. The predicted octanol–water partition coefficient (Wildman–Crippen LogP) is 9.81. The minimum atomic E-state index is -4.35. The molecule has 0 fully saturated rings. The molecule has 1 N–H and O–H groups in total. The second kappa shape index (κ2) is 19.0. The first-order chi connectivity index (χ1) is 19.9. The van der Waals surface area contributed by atoms with E-state index in [1.54, 1.807) is 53.8 Å². The largest absolute Gasteiger partial charge is 0.584 e. The monoisotopic (exact) mass is 602 g/mol. The highest BCUT2D eigenvalue weighted by atomic mass is 32.1. The first-order valence-electron chi connectivity index (χ1n) is 15.4. The number of aryl methyl sites for hydroxylation is 1. The fraction of sp³-hybridized carbons (Fsp3) is 0.545. The van der Waals surface area contributed by atoms with Gasteiger partial charge in [-0.15, -0.1) is 0 Å². The van der Waals surface area contributed by atoms with Crippen LogP contribution in [0.3, 0.4) is 0 Å². The van der Waals surface area contributed by atoms with Gasteiger partial charge >= 0.3 is 7.82 Å². The summed E-state index contributed by atoms with van der Waals surface area (Å²) >= 11 is 1.67. The number of nitrogens with zero attached hydrogens (tertiary/aromatic N) is 1. The number of thiazole rings is 1. The van der Waals surface area contributed by atoms with E-state index in [1.165, 1.54) is 88.3 Å². The zero-order valence-corrected chi connectivity index (χ0v) is 26.7. The molecule has 1 atom stereocenters. The van der Waals surface area contributed by atoms with Gasteiger partial charge in [0.1, 0.15) is 17.2 Å².